The molecule has 1 atom stereocenters. The van der Waals surface area contributed by atoms with Gasteiger partial charge < -0.3 is 13.9 Å². The summed E-state index contributed by atoms with van der Waals surface area (Å²) in [5.74, 6) is 2.12. The van der Waals surface area contributed by atoms with E-state index in [9.17, 15) is 0 Å². The van der Waals surface area contributed by atoms with E-state index in [1.165, 1.54) is 0 Å². The zero-order valence-corrected chi connectivity index (χ0v) is 11.8. The molecule has 1 unspecified atom stereocenters. The molecule has 0 bridgehead atoms. The molecule has 0 radical (unpaired) electrons. The molecule has 0 aliphatic carbocycles. The minimum Gasteiger partial charge on any atom is -0.497 e. The highest BCUT2D eigenvalue weighted by Gasteiger charge is 2.19. The van der Waals surface area contributed by atoms with Gasteiger partial charge >= 0.3 is 5.95 Å². The maximum Gasteiger partial charge on any atom is 0.308 e. The Bertz CT molecular complexity index is 509. The Labute approximate surface area is 113 Å². The summed E-state index contributed by atoms with van der Waals surface area (Å²) >= 11 is 0. The van der Waals surface area contributed by atoms with Gasteiger partial charge in [-0.15, -0.1) is 0 Å². The predicted molar refractivity (Wildman–Crippen MR) is 72.9 cm³/mol. The van der Waals surface area contributed by atoms with E-state index in [0.717, 1.165) is 23.4 Å². The molecule has 0 saturated carbocycles. The van der Waals surface area contributed by atoms with E-state index in [1.807, 2.05) is 31.2 Å². The van der Waals surface area contributed by atoms with Crippen molar-refractivity contribution in [2.75, 3.05) is 14.2 Å². The van der Waals surface area contributed by atoms with Crippen LogP contribution in [0.3, 0.4) is 0 Å². The van der Waals surface area contributed by atoms with E-state index < -0.39 is 0 Å². The zero-order chi connectivity index (χ0) is 13.8. The van der Waals surface area contributed by atoms with Crippen molar-refractivity contribution in [3.05, 3.63) is 41.4 Å². The summed E-state index contributed by atoms with van der Waals surface area (Å²) in [6.45, 7) is 4.09. The van der Waals surface area contributed by atoms with Crippen molar-refractivity contribution in [3.63, 3.8) is 0 Å². The van der Waals surface area contributed by atoms with Crippen molar-refractivity contribution in [1.82, 2.24) is 4.98 Å². The van der Waals surface area contributed by atoms with Crippen LogP contribution in [0.1, 0.15) is 36.9 Å². The van der Waals surface area contributed by atoms with Gasteiger partial charge in [0.1, 0.15) is 11.4 Å². The first kappa shape index (κ1) is 13.5. The Morgan fingerprint density at radius 2 is 1.84 bits per heavy atom. The smallest absolute Gasteiger partial charge is 0.308 e. The number of aromatic nitrogens is 1. The normalized spacial score (nSPS) is 12.2. The van der Waals surface area contributed by atoms with Crippen molar-refractivity contribution < 1.29 is 13.9 Å². The highest BCUT2D eigenvalue weighted by Crippen LogP contribution is 2.30. The number of oxazole rings is 1. The van der Waals surface area contributed by atoms with Gasteiger partial charge in [0.25, 0.3) is 0 Å². The first-order valence-corrected chi connectivity index (χ1v) is 6.37. The lowest BCUT2D eigenvalue weighted by molar-refractivity contribution is 0.288. The fourth-order valence-electron chi connectivity index (χ4n) is 1.96. The van der Waals surface area contributed by atoms with Crippen molar-refractivity contribution >= 4 is 0 Å². The number of hydrogen-bond acceptors (Lipinski definition) is 4. The Morgan fingerprint density at radius 1 is 1.16 bits per heavy atom. The van der Waals surface area contributed by atoms with Gasteiger partial charge in [-0.25, -0.2) is 4.98 Å². The first-order valence-electron chi connectivity index (χ1n) is 6.37. The number of ether oxygens (including phenoxy) is 2. The molecule has 1 aromatic heterocycles. The third-order valence-electron chi connectivity index (χ3n) is 3.18. The van der Waals surface area contributed by atoms with Crippen LogP contribution < -0.4 is 9.47 Å². The molecule has 0 aliphatic heterocycles. The van der Waals surface area contributed by atoms with Crippen LogP contribution in [0.5, 0.6) is 11.7 Å². The van der Waals surface area contributed by atoms with Gasteiger partial charge in [0.05, 0.1) is 20.1 Å². The zero-order valence-electron chi connectivity index (χ0n) is 11.8. The molecule has 0 N–H and O–H groups in total. The second kappa shape index (κ2) is 5.78. The summed E-state index contributed by atoms with van der Waals surface area (Å²) in [7, 11) is 3.26. The summed E-state index contributed by atoms with van der Waals surface area (Å²) in [6.07, 6.45) is 0.794. The standard InChI is InChI=1S/C15H19NO3/c1-5-13-15(18-4)19-14(16-13)10(2)11-6-8-12(17-3)9-7-11/h6-10H,5H2,1-4H3. The Kier molecular flexibility index (Phi) is 4.10. The number of rotatable bonds is 5. The van der Waals surface area contributed by atoms with Crippen molar-refractivity contribution in [2.45, 2.75) is 26.2 Å². The van der Waals surface area contributed by atoms with E-state index in [-0.39, 0.29) is 5.92 Å². The average molecular weight is 261 g/mol. The molecule has 19 heavy (non-hydrogen) atoms. The Hall–Kier alpha value is -1.97. The number of benzene rings is 1. The SMILES string of the molecule is CCc1nc(C(C)c2ccc(OC)cc2)oc1OC. The quantitative estimate of drug-likeness (QED) is 0.827. The second-order valence-corrected chi connectivity index (χ2v) is 4.34. The van der Waals surface area contributed by atoms with Crippen LogP contribution in [0.25, 0.3) is 0 Å². The maximum atomic E-state index is 5.66. The summed E-state index contributed by atoms with van der Waals surface area (Å²) < 4.78 is 16.0. The fourth-order valence-corrected chi connectivity index (χ4v) is 1.96. The summed E-state index contributed by atoms with van der Waals surface area (Å²) in [5, 5.41) is 0. The van der Waals surface area contributed by atoms with Crippen LogP contribution in [0, 0.1) is 0 Å². The second-order valence-electron chi connectivity index (χ2n) is 4.34. The lowest BCUT2D eigenvalue weighted by Crippen LogP contribution is -1.97. The monoisotopic (exact) mass is 261 g/mol. The van der Waals surface area contributed by atoms with Gasteiger partial charge in [-0.1, -0.05) is 19.1 Å². The number of nitrogens with zero attached hydrogens (tertiary/aromatic N) is 1. The summed E-state index contributed by atoms with van der Waals surface area (Å²) in [5.41, 5.74) is 1.99. The van der Waals surface area contributed by atoms with Crippen molar-refractivity contribution in [2.24, 2.45) is 0 Å². The summed E-state index contributed by atoms with van der Waals surface area (Å²) in [4.78, 5) is 4.50. The third kappa shape index (κ3) is 2.72. The van der Waals surface area contributed by atoms with Crippen molar-refractivity contribution in [3.8, 4) is 11.7 Å². The molecule has 4 nitrogen and oxygen atoms in total. The molecule has 0 spiro atoms. The lowest BCUT2D eigenvalue weighted by atomic mass is 10.0. The topological polar surface area (TPSA) is 44.5 Å². The molecule has 0 fully saturated rings. The molecular weight excluding hydrogens is 242 g/mol. The van der Waals surface area contributed by atoms with E-state index in [4.69, 9.17) is 13.9 Å². The molecule has 0 saturated heterocycles. The molecule has 102 valence electrons. The molecule has 1 heterocycles. The minimum atomic E-state index is 0.0834. The fraction of sp³-hybridized carbons (Fsp3) is 0.400. The largest absolute Gasteiger partial charge is 0.497 e. The van der Waals surface area contributed by atoms with Crippen LogP contribution in [0.4, 0.5) is 0 Å². The molecule has 1 aromatic carbocycles. The van der Waals surface area contributed by atoms with E-state index >= 15 is 0 Å². The van der Waals surface area contributed by atoms with E-state index in [2.05, 4.69) is 11.9 Å². The van der Waals surface area contributed by atoms with E-state index in [1.54, 1.807) is 14.2 Å². The minimum absolute atomic E-state index is 0.0834. The Morgan fingerprint density at radius 3 is 2.32 bits per heavy atom. The molecule has 2 rings (SSSR count). The number of methoxy groups -OCH3 is 2. The third-order valence-corrected chi connectivity index (χ3v) is 3.18. The van der Waals surface area contributed by atoms with E-state index in [0.29, 0.717) is 11.8 Å². The van der Waals surface area contributed by atoms with Crippen LogP contribution in [-0.4, -0.2) is 19.2 Å². The van der Waals surface area contributed by atoms with Gasteiger partial charge in [-0.3, -0.25) is 0 Å². The van der Waals surface area contributed by atoms with Crippen LogP contribution in [0.2, 0.25) is 0 Å². The van der Waals surface area contributed by atoms with Crippen LogP contribution >= 0.6 is 0 Å². The number of hydrogen-bond donors (Lipinski definition) is 0. The van der Waals surface area contributed by atoms with Gasteiger partial charge in [0.15, 0.2) is 0 Å². The molecule has 0 amide bonds. The predicted octanol–water partition coefficient (Wildman–Crippen LogP) is 3.41. The maximum absolute atomic E-state index is 5.66. The van der Waals surface area contributed by atoms with Gasteiger partial charge in [0.2, 0.25) is 5.89 Å². The van der Waals surface area contributed by atoms with Gasteiger partial charge in [-0.05, 0) is 31.0 Å². The summed E-state index contributed by atoms with van der Waals surface area (Å²) in [6, 6.07) is 7.91. The Balaban J connectivity index is 2.26. The van der Waals surface area contributed by atoms with Crippen molar-refractivity contribution in [1.29, 1.82) is 0 Å². The number of aryl methyl sites for hydroxylation is 1. The molecule has 0 aliphatic rings. The highest BCUT2D eigenvalue weighted by atomic mass is 16.6. The first-order chi connectivity index (χ1) is 9.19. The molecule has 2 aromatic rings. The molecule has 4 heteroatoms. The van der Waals surface area contributed by atoms with Crippen LogP contribution in [-0.2, 0) is 6.42 Å². The van der Waals surface area contributed by atoms with Crippen LogP contribution in [0.15, 0.2) is 28.7 Å². The highest BCUT2D eigenvalue weighted by molar-refractivity contribution is 5.32. The average Bonchev–Trinajstić information content (AvgIpc) is 2.89. The molecular formula is C15H19NO3. The lowest BCUT2D eigenvalue weighted by Gasteiger charge is -2.08. The van der Waals surface area contributed by atoms with Gasteiger partial charge in [0, 0.05) is 0 Å². The van der Waals surface area contributed by atoms with Gasteiger partial charge in [-0.2, -0.15) is 0 Å².